The number of anilines is 1. The molecule has 1 aliphatic heterocycles. The molecule has 0 atom stereocenters. The van der Waals surface area contributed by atoms with E-state index < -0.39 is 5.91 Å². The number of hydrogen-bond donors (Lipinski definition) is 1. The molecule has 1 amide bonds. The first-order valence-electron chi connectivity index (χ1n) is 7.77. The number of benzene rings is 2. The largest absolute Gasteiger partial charge is 0.495 e. The third-order valence-electron chi connectivity index (χ3n) is 3.65. The number of fused-ring (bicyclic) bond motifs is 1. The van der Waals surface area contributed by atoms with E-state index in [1.807, 2.05) is 6.07 Å². The monoisotopic (exact) mass is 370 g/mol. The van der Waals surface area contributed by atoms with Crippen molar-refractivity contribution >= 4 is 29.3 Å². The molecule has 0 saturated heterocycles. The molecule has 6 nitrogen and oxygen atoms in total. The van der Waals surface area contributed by atoms with Gasteiger partial charge in [-0.25, -0.2) is 0 Å². The third-order valence-corrected chi connectivity index (χ3v) is 3.95. The van der Waals surface area contributed by atoms with Crippen molar-refractivity contribution in [1.29, 1.82) is 5.26 Å². The fraction of sp³-hybridized carbons (Fsp3) is 0.158. The molecule has 0 saturated carbocycles. The predicted molar refractivity (Wildman–Crippen MR) is 97.7 cm³/mol. The molecule has 1 N–H and O–H groups in total. The third kappa shape index (κ3) is 3.90. The van der Waals surface area contributed by atoms with E-state index in [4.69, 9.17) is 25.8 Å². The average Bonchev–Trinajstić information content (AvgIpc) is 2.66. The molecule has 1 heterocycles. The molecular weight excluding hydrogens is 356 g/mol. The van der Waals surface area contributed by atoms with Gasteiger partial charge >= 0.3 is 0 Å². The smallest absolute Gasteiger partial charge is 0.266 e. The Hall–Kier alpha value is -3.17. The van der Waals surface area contributed by atoms with Gasteiger partial charge in [-0.15, -0.1) is 0 Å². The summed E-state index contributed by atoms with van der Waals surface area (Å²) in [5, 5.41) is 12.3. The maximum Gasteiger partial charge on any atom is 0.266 e. The first kappa shape index (κ1) is 17.6. The second-order valence-corrected chi connectivity index (χ2v) is 5.78. The number of nitrogens with zero attached hydrogens (tertiary/aromatic N) is 1. The van der Waals surface area contributed by atoms with Crippen LogP contribution in [0.4, 0.5) is 5.69 Å². The van der Waals surface area contributed by atoms with Crippen LogP contribution < -0.4 is 19.5 Å². The highest BCUT2D eigenvalue weighted by Gasteiger charge is 2.14. The topological polar surface area (TPSA) is 80.6 Å². The van der Waals surface area contributed by atoms with Crippen LogP contribution in [0.15, 0.2) is 42.0 Å². The Kier molecular flexibility index (Phi) is 5.30. The van der Waals surface area contributed by atoms with E-state index in [-0.39, 0.29) is 5.57 Å². The molecule has 0 unspecified atom stereocenters. The minimum atomic E-state index is -0.538. The molecular formula is C19H15ClN2O4. The van der Waals surface area contributed by atoms with Crippen molar-refractivity contribution < 1.29 is 19.0 Å². The van der Waals surface area contributed by atoms with Crippen LogP contribution in [-0.2, 0) is 4.79 Å². The molecule has 0 radical (unpaired) electrons. The number of ether oxygens (including phenoxy) is 3. The number of carbonyl (C=O) groups is 1. The number of amides is 1. The number of nitrogens with one attached hydrogen (secondary N) is 1. The summed E-state index contributed by atoms with van der Waals surface area (Å²) in [6.07, 6.45) is 1.48. The summed E-state index contributed by atoms with van der Waals surface area (Å²) in [6, 6.07) is 12.0. The van der Waals surface area contributed by atoms with Gasteiger partial charge in [-0.3, -0.25) is 4.79 Å². The summed E-state index contributed by atoms with van der Waals surface area (Å²) in [4.78, 5) is 12.4. The molecule has 0 aliphatic carbocycles. The van der Waals surface area contributed by atoms with Crippen LogP contribution in [0.1, 0.15) is 5.56 Å². The number of hydrogen-bond acceptors (Lipinski definition) is 5. The molecule has 0 spiro atoms. The fourth-order valence-electron chi connectivity index (χ4n) is 2.41. The van der Waals surface area contributed by atoms with Crippen molar-refractivity contribution in [3.05, 3.63) is 52.6 Å². The summed E-state index contributed by atoms with van der Waals surface area (Å²) >= 11 is 6.04. The molecule has 26 heavy (non-hydrogen) atoms. The van der Waals surface area contributed by atoms with Crippen LogP contribution in [0.25, 0.3) is 6.08 Å². The predicted octanol–water partition coefficient (Wildman–Crippen LogP) is 3.67. The molecule has 3 rings (SSSR count). The van der Waals surface area contributed by atoms with Crippen LogP contribution in [0.2, 0.25) is 5.02 Å². The summed E-state index contributed by atoms with van der Waals surface area (Å²) in [5.41, 5.74) is 1.08. The lowest BCUT2D eigenvalue weighted by atomic mass is 10.1. The fourth-order valence-corrected chi connectivity index (χ4v) is 2.67. The second kappa shape index (κ2) is 7.81. The van der Waals surface area contributed by atoms with Gasteiger partial charge in [0.2, 0.25) is 0 Å². The van der Waals surface area contributed by atoms with E-state index in [0.717, 1.165) is 0 Å². The molecule has 132 valence electrons. The van der Waals surface area contributed by atoms with Gasteiger partial charge in [0.1, 0.15) is 30.6 Å². The minimum Gasteiger partial charge on any atom is -0.495 e. The first-order valence-corrected chi connectivity index (χ1v) is 8.15. The normalized spacial score (nSPS) is 12.9. The van der Waals surface area contributed by atoms with Gasteiger partial charge in [-0.05, 0) is 42.0 Å². The Bertz CT molecular complexity index is 918. The van der Waals surface area contributed by atoms with Crippen LogP contribution >= 0.6 is 11.6 Å². The van der Waals surface area contributed by atoms with E-state index in [1.165, 1.54) is 13.2 Å². The Labute approximate surface area is 155 Å². The maximum atomic E-state index is 12.4. The Morgan fingerprint density at radius 1 is 1.23 bits per heavy atom. The van der Waals surface area contributed by atoms with Crippen molar-refractivity contribution in [1.82, 2.24) is 0 Å². The summed E-state index contributed by atoms with van der Waals surface area (Å²) in [5.74, 6) is 1.19. The molecule has 1 aliphatic rings. The van der Waals surface area contributed by atoms with Gasteiger partial charge in [0.15, 0.2) is 11.5 Å². The van der Waals surface area contributed by atoms with Gasteiger partial charge < -0.3 is 19.5 Å². The van der Waals surface area contributed by atoms with Crippen molar-refractivity contribution in [2.45, 2.75) is 0 Å². The highest BCUT2D eigenvalue weighted by molar-refractivity contribution is 6.32. The van der Waals surface area contributed by atoms with E-state index >= 15 is 0 Å². The Morgan fingerprint density at radius 2 is 2.00 bits per heavy atom. The summed E-state index contributed by atoms with van der Waals surface area (Å²) in [7, 11) is 1.50. The van der Waals surface area contributed by atoms with Gasteiger partial charge in [0.05, 0.1) is 12.1 Å². The van der Waals surface area contributed by atoms with Gasteiger partial charge in [0, 0.05) is 5.69 Å². The first-order chi connectivity index (χ1) is 12.6. The zero-order valence-corrected chi connectivity index (χ0v) is 14.7. The van der Waals surface area contributed by atoms with E-state index in [2.05, 4.69) is 5.32 Å². The van der Waals surface area contributed by atoms with Gasteiger partial charge in [-0.2, -0.15) is 5.26 Å². The second-order valence-electron chi connectivity index (χ2n) is 5.38. The lowest BCUT2D eigenvalue weighted by Crippen LogP contribution is -2.15. The molecule has 0 aromatic heterocycles. The molecule has 0 fully saturated rings. The zero-order valence-electron chi connectivity index (χ0n) is 13.9. The van der Waals surface area contributed by atoms with Crippen LogP contribution in [0.5, 0.6) is 17.2 Å². The SMILES string of the molecule is COc1ccc(NC(=O)/C(C#N)=C/c2ccc3c(c2)OCCO3)cc1Cl. The van der Waals surface area contributed by atoms with Gasteiger partial charge in [-0.1, -0.05) is 17.7 Å². The Morgan fingerprint density at radius 3 is 2.69 bits per heavy atom. The summed E-state index contributed by atoms with van der Waals surface area (Å²) < 4.78 is 16.0. The average molecular weight is 371 g/mol. The minimum absolute atomic E-state index is 0.0476. The number of carbonyl (C=O) groups excluding carboxylic acids is 1. The summed E-state index contributed by atoms with van der Waals surface area (Å²) in [6.45, 7) is 0.961. The lowest BCUT2D eigenvalue weighted by Gasteiger charge is -2.18. The highest BCUT2D eigenvalue weighted by atomic mass is 35.5. The van der Waals surface area contributed by atoms with E-state index in [0.29, 0.717) is 46.7 Å². The van der Waals surface area contributed by atoms with Crippen molar-refractivity contribution in [3.8, 4) is 23.3 Å². The molecule has 2 aromatic rings. The molecule has 7 heteroatoms. The quantitative estimate of drug-likeness (QED) is 0.656. The standard InChI is InChI=1S/C19H15ClN2O4/c1-24-16-5-3-14(10-15(16)20)22-19(23)13(11-21)8-12-2-4-17-18(9-12)26-7-6-25-17/h2-5,8-10H,6-7H2,1H3,(H,22,23)/b13-8+. The highest BCUT2D eigenvalue weighted by Crippen LogP contribution is 2.31. The van der Waals surface area contributed by atoms with Crippen molar-refractivity contribution in [3.63, 3.8) is 0 Å². The lowest BCUT2D eigenvalue weighted by molar-refractivity contribution is -0.112. The molecule has 2 aromatic carbocycles. The van der Waals surface area contributed by atoms with Crippen molar-refractivity contribution in [2.75, 3.05) is 25.6 Å². The van der Waals surface area contributed by atoms with Crippen LogP contribution in [-0.4, -0.2) is 26.2 Å². The van der Waals surface area contributed by atoms with Crippen molar-refractivity contribution in [2.24, 2.45) is 0 Å². The zero-order chi connectivity index (χ0) is 18.5. The van der Waals surface area contributed by atoms with Crippen LogP contribution in [0.3, 0.4) is 0 Å². The van der Waals surface area contributed by atoms with E-state index in [9.17, 15) is 10.1 Å². The van der Waals surface area contributed by atoms with Crippen LogP contribution in [0, 0.1) is 11.3 Å². The van der Waals surface area contributed by atoms with E-state index in [1.54, 1.807) is 36.4 Å². The number of methoxy groups -OCH3 is 1. The number of rotatable bonds is 4. The number of nitriles is 1. The number of halogens is 1. The Balaban J connectivity index is 1.79. The maximum absolute atomic E-state index is 12.4. The van der Waals surface area contributed by atoms with Gasteiger partial charge in [0.25, 0.3) is 5.91 Å². The molecule has 0 bridgehead atoms.